The number of rotatable bonds is 37. The fourth-order valence-electron chi connectivity index (χ4n) is 5.28. The van der Waals surface area contributed by atoms with Crippen LogP contribution < -0.4 is 0 Å². The largest absolute Gasteiger partial charge is 0.472 e. The standard InChI is InChI=1S/C44H75O8P/c1-4-6-8-10-12-14-16-18-20-22-24-26-28-30-32-34-36-38-43(45)50-40-42(41-51-53(47,48)49-3)52-44(46)39-37-35-33-31-29-27-25-23-21-19-17-15-13-11-9-7-5-2/h7,9,13,15,18-21,25,27,31,33,42H,4-6,8,10-12,14,16-17,22-24,26,28-30,32,34-41H2,1-3H3,(H,47,48)/b9-7-,15-13-,20-18-,21-19-,27-25-,33-31-. The number of ether oxygens (including phenoxy) is 2. The molecule has 0 aliphatic carbocycles. The lowest BCUT2D eigenvalue weighted by atomic mass is 10.1. The Morgan fingerprint density at radius 2 is 0.981 bits per heavy atom. The van der Waals surface area contributed by atoms with Gasteiger partial charge in [-0.25, -0.2) is 4.57 Å². The zero-order valence-corrected chi connectivity index (χ0v) is 34.5. The third-order valence-electron chi connectivity index (χ3n) is 8.43. The van der Waals surface area contributed by atoms with Crippen LogP contribution in [-0.2, 0) is 32.7 Å². The number of carbonyl (C=O) groups is 2. The number of phosphoric acid groups is 1. The van der Waals surface area contributed by atoms with Crippen molar-refractivity contribution in [2.75, 3.05) is 20.3 Å². The van der Waals surface area contributed by atoms with Crippen LogP contribution in [0.25, 0.3) is 0 Å². The van der Waals surface area contributed by atoms with Crippen molar-refractivity contribution in [1.29, 1.82) is 0 Å². The van der Waals surface area contributed by atoms with E-state index in [-0.39, 0.29) is 19.4 Å². The fourth-order valence-corrected chi connectivity index (χ4v) is 5.74. The highest BCUT2D eigenvalue weighted by Crippen LogP contribution is 2.42. The predicted molar refractivity (Wildman–Crippen MR) is 221 cm³/mol. The number of esters is 2. The number of phosphoric ester groups is 1. The third kappa shape index (κ3) is 39.0. The van der Waals surface area contributed by atoms with Crippen molar-refractivity contribution in [3.8, 4) is 0 Å². The quantitative estimate of drug-likeness (QED) is 0.0288. The van der Waals surface area contributed by atoms with E-state index in [1.165, 1.54) is 64.2 Å². The lowest BCUT2D eigenvalue weighted by Crippen LogP contribution is -2.29. The summed E-state index contributed by atoms with van der Waals surface area (Å²) in [5.41, 5.74) is 0. The normalized spacial score (nSPS) is 14.1. The molecule has 9 heteroatoms. The minimum absolute atomic E-state index is 0.162. The maximum atomic E-state index is 12.5. The molecule has 0 aromatic carbocycles. The zero-order valence-electron chi connectivity index (χ0n) is 33.6. The highest BCUT2D eigenvalue weighted by molar-refractivity contribution is 7.47. The molecule has 0 amide bonds. The molecule has 0 aliphatic heterocycles. The van der Waals surface area contributed by atoms with E-state index in [0.29, 0.717) is 12.8 Å². The smallest absolute Gasteiger partial charge is 0.462 e. The van der Waals surface area contributed by atoms with Gasteiger partial charge in [0.2, 0.25) is 0 Å². The molecule has 2 atom stereocenters. The van der Waals surface area contributed by atoms with Crippen molar-refractivity contribution in [1.82, 2.24) is 0 Å². The van der Waals surface area contributed by atoms with Crippen LogP contribution in [0.3, 0.4) is 0 Å². The molecule has 8 nitrogen and oxygen atoms in total. The molecular formula is C44H75O8P. The molecule has 0 saturated heterocycles. The molecule has 304 valence electrons. The first-order valence-corrected chi connectivity index (χ1v) is 22.1. The van der Waals surface area contributed by atoms with Gasteiger partial charge >= 0.3 is 19.8 Å². The second kappa shape index (κ2) is 39.2. The van der Waals surface area contributed by atoms with Crippen LogP contribution in [0, 0.1) is 0 Å². The second-order valence-electron chi connectivity index (χ2n) is 13.4. The summed E-state index contributed by atoms with van der Waals surface area (Å²) >= 11 is 0. The summed E-state index contributed by atoms with van der Waals surface area (Å²) < 4.78 is 31.9. The van der Waals surface area contributed by atoms with Crippen LogP contribution in [0.2, 0.25) is 0 Å². The van der Waals surface area contributed by atoms with Crippen LogP contribution >= 0.6 is 7.82 Å². The van der Waals surface area contributed by atoms with E-state index in [2.05, 4.69) is 85.2 Å². The summed E-state index contributed by atoms with van der Waals surface area (Å²) in [5, 5.41) is 0. The lowest BCUT2D eigenvalue weighted by Gasteiger charge is -2.19. The van der Waals surface area contributed by atoms with E-state index in [1.54, 1.807) is 0 Å². The molecule has 0 aromatic heterocycles. The van der Waals surface area contributed by atoms with Crippen molar-refractivity contribution in [3.63, 3.8) is 0 Å². The van der Waals surface area contributed by atoms with Crippen LogP contribution in [-0.4, -0.2) is 43.3 Å². The molecule has 0 radical (unpaired) electrons. The van der Waals surface area contributed by atoms with Gasteiger partial charge in [-0.3, -0.25) is 18.6 Å². The minimum Gasteiger partial charge on any atom is -0.462 e. The number of carbonyl (C=O) groups excluding carboxylic acids is 2. The monoisotopic (exact) mass is 763 g/mol. The zero-order chi connectivity index (χ0) is 38.9. The molecule has 0 bridgehead atoms. The highest BCUT2D eigenvalue weighted by atomic mass is 31.2. The van der Waals surface area contributed by atoms with Gasteiger partial charge in [0.1, 0.15) is 6.61 Å². The van der Waals surface area contributed by atoms with Gasteiger partial charge in [-0.05, 0) is 77.0 Å². The summed E-state index contributed by atoms with van der Waals surface area (Å²) in [6, 6.07) is 0. The predicted octanol–water partition coefficient (Wildman–Crippen LogP) is 12.9. The first-order valence-electron chi connectivity index (χ1n) is 20.6. The fraction of sp³-hybridized carbons (Fsp3) is 0.682. The molecule has 0 heterocycles. The van der Waals surface area contributed by atoms with Gasteiger partial charge in [-0.1, -0.05) is 151 Å². The first kappa shape index (κ1) is 50.5. The van der Waals surface area contributed by atoms with Crippen molar-refractivity contribution in [2.24, 2.45) is 0 Å². The van der Waals surface area contributed by atoms with E-state index >= 15 is 0 Å². The Bertz CT molecular complexity index is 1090. The van der Waals surface area contributed by atoms with Gasteiger partial charge in [-0.2, -0.15) is 0 Å². The SMILES string of the molecule is CC/C=C\C/C=C\C/C=C\C/C=C\C/C=C\CCCC(=O)OC(COC(=O)CCCCCCCCC/C=C\CCCCCCCC)COP(=O)(O)OC. The van der Waals surface area contributed by atoms with E-state index in [1.807, 2.05) is 6.08 Å². The van der Waals surface area contributed by atoms with E-state index < -0.39 is 32.5 Å². The van der Waals surface area contributed by atoms with Gasteiger partial charge in [0, 0.05) is 20.0 Å². The van der Waals surface area contributed by atoms with Crippen LogP contribution in [0.5, 0.6) is 0 Å². The molecule has 0 fully saturated rings. The molecule has 0 rings (SSSR count). The van der Waals surface area contributed by atoms with Gasteiger partial charge in [-0.15, -0.1) is 0 Å². The molecule has 2 unspecified atom stereocenters. The highest BCUT2D eigenvalue weighted by Gasteiger charge is 2.24. The van der Waals surface area contributed by atoms with E-state index in [4.69, 9.17) is 14.0 Å². The summed E-state index contributed by atoms with van der Waals surface area (Å²) in [7, 11) is -3.23. The Morgan fingerprint density at radius 3 is 1.51 bits per heavy atom. The van der Waals surface area contributed by atoms with Crippen LogP contribution in [0.15, 0.2) is 72.9 Å². The average Bonchev–Trinajstić information content (AvgIpc) is 3.15. The van der Waals surface area contributed by atoms with Crippen molar-refractivity contribution < 1.29 is 37.6 Å². The Kier molecular flexibility index (Phi) is 37.3. The van der Waals surface area contributed by atoms with Gasteiger partial charge in [0.15, 0.2) is 6.10 Å². The molecular weight excluding hydrogens is 687 g/mol. The number of hydrogen-bond donors (Lipinski definition) is 1. The molecule has 0 aromatic rings. The van der Waals surface area contributed by atoms with Crippen molar-refractivity contribution in [3.05, 3.63) is 72.9 Å². The first-order chi connectivity index (χ1) is 25.8. The minimum atomic E-state index is -4.28. The maximum absolute atomic E-state index is 12.5. The average molecular weight is 763 g/mol. The van der Waals surface area contributed by atoms with Gasteiger partial charge in [0.05, 0.1) is 6.61 Å². The summed E-state index contributed by atoms with van der Waals surface area (Å²) in [4.78, 5) is 34.4. The van der Waals surface area contributed by atoms with Gasteiger partial charge < -0.3 is 14.4 Å². The van der Waals surface area contributed by atoms with E-state index in [9.17, 15) is 19.0 Å². The molecule has 53 heavy (non-hydrogen) atoms. The summed E-state index contributed by atoms with van der Waals surface area (Å²) in [6.07, 6.45) is 49.6. The van der Waals surface area contributed by atoms with Crippen molar-refractivity contribution >= 4 is 19.8 Å². The number of hydrogen-bond acceptors (Lipinski definition) is 7. The second-order valence-corrected chi connectivity index (χ2v) is 14.9. The van der Waals surface area contributed by atoms with E-state index in [0.717, 1.165) is 71.3 Å². The van der Waals surface area contributed by atoms with Gasteiger partial charge in [0.25, 0.3) is 0 Å². The Hall–Kier alpha value is -2.51. The number of allylic oxidation sites excluding steroid dienone is 12. The molecule has 0 spiro atoms. The lowest BCUT2D eigenvalue weighted by molar-refractivity contribution is -0.161. The molecule has 0 aliphatic rings. The topological polar surface area (TPSA) is 108 Å². The van der Waals surface area contributed by atoms with Crippen LogP contribution in [0.4, 0.5) is 0 Å². The third-order valence-corrected chi connectivity index (χ3v) is 9.37. The maximum Gasteiger partial charge on any atom is 0.472 e. The Labute approximate surface area is 323 Å². The number of unbranched alkanes of at least 4 members (excludes halogenated alkanes) is 14. The Morgan fingerprint density at radius 1 is 0.547 bits per heavy atom. The molecule has 1 N–H and O–H groups in total. The summed E-state index contributed by atoms with van der Waals surface area (Å²) in [6.45, 7) is 3.71. The molecule has 0 saturated carbocycles. The van der Waals surface area contributed by atoms with Crippen LogP contribution in [0.1, 0.15) is 168 Å². The Balaban J connectivity index is 4.13. The summed E-state index contributed by atoms with van der Waals surface area (Å²) in [5.74, 6) is -0.882. The van der Waals surface area contributed by atoms with Crippen molar-refractivity contribution in [2.45, 2.75) is 174 Å².